The second kappa shape index (κ2) is 7.48. The van der Waals surface area contributed by atoms with Gasteiger partial charge in [-0.1, -0.05) is 0 Å². The number of alkyl halides is 2. The molecule has 0 aliphatic rings. The lowest BCUT2D eigenvalue weighted by molar-refractivity contribution is 0.0550. The number of rotatable bonds is 5. The van der Waals surface area contributed by atoms with Crippen molar-refractivity contribution in [1.82, 2.24) is 34.3 Å². The summed E-state index contributed by atoms with van der Waals surface area (Å²) < 4.78 is 48.5. The summed E-state index contributed by atoms with van der Waals surface area (Å²) in [6.07, 6.45) is 4.57. The minimum Gasteiger partial charge on any atom is -0.482 e. The number of nitrogens with two attached hydrogens (primary N) is 1. The quantitative estimate of drug-likeness (QED) is 0.443. The van der Waals surface area contributed by atoms with Gasteiger partial charge < -0.3 is 10.5 Å². The van der Waals surface area contributed by atoms with E-state index >= 15 is 4.39 Å². The molecule has 0 amide bonds. The van der Waals surface area contributed by atoms with Crippen molar-refractivity contribution in [2.24, 2.45) is 0 Å². The van der Waals surface area contributed by atoms with E-state index in [0.717, 1.165) is 6.33 Å². The van der Waals surface area contributed by atoms with Gasteiger partial charge in [-0.3, -0.25) is 0 Å². The van der Waals surface area contributed by atoms with Gasteiger partial charge in [0.15, 0.2) is 17.7 Å². The van der Waals surface area contributed by atoms with Crippen molar-refractivity contribution < 1.29 is 17.9 Å². The molecule has 2 N–H and O–H groups in total. The second-order valence-electron chi connectivity index (χ2n) is 6.92. The molecule has 0 fully saturated rings. The van der Waals surface area contributed by atoms with Crippen LogP contribution in [0, 0.1) is 5.82 Å². The number of pyridine rings is 1. The van der Waals surface area contributed by atoms with Crippen LogP contribution in [-0.2, 0) is 0 Å². The Morgan fingerprint density at radius 3 is 2.69 bits per heavy atom. The maximum absolute atomic E-state index is 15.2. The molecular formula is C20H15F3N8O. The van der Waals surface area contributed by atoms with Crippen molar-refractivity contribution in [3.05, 3.63) is 61.0 Å². The highest BCUT2D eigenvalue weighted by Crippen LogP contribution is 2.38. The number of nitrogens with zero attached hydrogens (tertiary/aromatic N) is 7. The lowest BCUT2D eigenvalue weighted by atomic mass is 10.0. The third-order valence-corrected chi connectivity index (χ3v) is 4.98. The molecule has 5 rings (SSSR count). The molecule has 4 heterocycles. The number of halogens is 3. The third kappa shape index (κ3) is 3.16. The van der Waals surface area contributed by atoms with E-state index in [9.17, 15) is 8.78 Å². The topological polar surface area (TPSA) is 109 Å². The lowest BCUT2D eigenvalue weighted by Gasteiger charge is -2.16. The minimum atomic E-state index is -2.81. The number of nitrogen functional groups attached to an aromatic ring is 1. The van der Waals surface area contributed by atoms with Crippen LogP contribution in [0.5, 0.6) is 5.75 Å². The summed E-state index contributed by atoms with van der Waals surface area (Å²) in [7, 11) is 0. The molecule has 0 bridgehead atoms. The standard InChI is InChI=1S/C20H15F3N8O/c1-10(19-27-9-31(29-19)20(22)23)32-14-3-2-12(17-15(14)18(24)26-8-25-17)11-5-7-30-13(16(11)21)4-6-28-30/h2-10,20H,1H3,(H2,24,25,26)/t10-/m0/s1. The fourth-order valence-electron chi connectivity index (χ4n) is 3.47. The summed E-state index contributed by atoms with van der Waals surface area (Å²) in [6.45, 7) is -1.20. The number of ether oxygens (including phenoxy) is 1. The fraction of sp³-hybridized carbons (Fsp3) is 0.150. The molecule has 5 aromatic rings. The van der Waals surface area contributed by atoms with E-state index in [-0.39, 0.29) is 17.4 Å². The Hall–Kier alpha value is -4.22. The Balaban J connectivity index is 1.60. The highest BCUT2D eigenvalue weighted by Gasteiger charge is 2.21. The van der Waals surface area contributed by atoms with E-state index < -0.39 is 18.5 Å². The van der Waals surface area contributed by atoms with Crippen LogP contribution in [0.4, 0.5) is 19.0 Å². The number of fused-ring (bicyclic) bond motifs is 2. The molecule has 0 aliphatic heterocycles. The maximum atomic E-state index is 15.2. The molecule has 32 heavy (non-hydrogen) atoms. The number of anilines is 1. The first-order valence-corrected chi connectivity index (χ1v) is 9.45. The summed E-state index contributed by atoms with van der Waals surface area (Å²) in [5, 5.41) is 8.11. The normalized spacial score (nSPS) is 12.7. The van der Waals surface area contributed by atoms with Gasteiger partial charge in [0.05, 0.1) is 17.1 Å². The van der Waals surface area contributed by atoms with Gasteiger partial charge in [-0.15, -0.1) is 5.10 Å². The molecule has 9 nitrogen and oxygen atoms in total. The number of aromatic nitrogens is 7. The van der Waals surface area contributed by atoms with E-state index in [2.05, 4.69) is 25.1 Å². The average molecular weight is 440 g/mol. The zero-order chi connectivity index (χ0) is 22.4. The Kier molecular flexibility index (Phi) is 4.61. The molecule has 1 atom stereocenters. The predicted octanol–water partition coefficient (Wildman–Crippen LogP) is 3.79. The molecule has 0 saturated heterocycles. The van der Waals surface area contributed by atoms with Crippen molar-refractivity contribution >= 4 is 22.2 Å². The molecule has 0 aliphatic carbocycles. The van der Waals surface area contributed by atoms with Crippen molar-refractivity contribution in [3.8, 4) is 16.9 Å². The predicted molar refractivity (Wildman–Crippen MR) is 108 cm³/mol. The molecule has 0 unspecified atom stereocenters. The van der Waals surface area contributed by atoms with Crippen molar-refractivity contribution in [2.45, 2.75) is 19.6 Å². The maximum Gasteiger partial charge on any atom is 0.334 e. The first kappa shape index (κ1) is 19.7. The van der Waals surface area contributed by atoms with Gasteiger partial charge in [0, 0.05) is 17.3 Å². The van der Waals surface area contributed by atoms with Gasteiger partial charge in [-0.25, -0.2) is 23.9 Å². The van der Waals surface area contributed by atoms with E-state index in [1.54, 1.807) is 37.4 Å². The minimum absolute atomic E-state index is 0.0650. The number of benzene rings is 1. The number of hydrogen-bond donors (Lipinski definition) is 1. The molecule has 1 aromatic carbocycles. The largest absolute Gasteiger partial charge is 0.482 e. The van der Waals surface area contributed by atoms with Crippen molar-refractivity contribution in [1.29, 1.82) is 0 Å². The molecule has 12 heteroatoms. The summed E-state index contributed by atoms with van der Waals surface area (Å²) >= 11 is 0. The Morgan fingerprint density at radius 1 is 1.06 bits per heavy atom. The SMILES string of the molecule is C[C@H](Oc1ccc(-c2ccn3nccc3c2F)c2ncnc(N)c12)c1ncn(C(F)F)n1. The highest BCUT2D eigenvalue weighted by molar-refractivity contribution is 6.02. The zero-order valence-electron chi connectivity index (χ0n) is 16.5. The first-order chi connectivity index (χ1) is 15.4. The Labute approximate surface area is 178 Å². The fourth-order valence-corrected chi connectivity index (χ4v) is 3.47. The van der Waals surface area contributed by atoms with Crippen LogP contribution < -0.4 is 10.5 Å². The molecule has 0 radical (unpaired) electrons. The first-order valence-electron chi connectivity index (χ1n) is 9.45. The van der Waals surface area contributed by atoms with Gasteiger partial charge in [-0.2, -0.15) is 18.6 Å². The third-order valence-electron chi connectivity index (χ3n) is 4.98. The van der Waals surface area contributed by atoms with Crippen LogP contribution in [0.1, 0.15) is 25.4 Å². The molecule has 162 valence electrons. The van der Waals surface area contributed by atoms with Crippen LogP contribution in [0.15, 0.2) is 49.3 Å². The van der Waals surface area contributed by atoms with Crippen LogP contribution in [-0.4, -0.2) is 34.3 Å². The van der Waals surface area contributed by atoms with Crippen LogP contribution >= 0.6 is 0 Å². The smallest absolute Gasteiger partial charge is 0.334 e. The van der Waals surface area contributed by atoms with Crippen LogP contribution in [0.3, 0.4) is 0 Å². The summed E-state index contributed by atoms with van der Waals surface area (Å²) in [5.41, 5.74) is 7.57. The summed E-state index contributed by atoms with van der Waals surface area (Å²) in [5.74, 6) is 0.00646. The second-order valence-corrected chi connectivity index (χ2v) is 6.92. The van der Waals surface area contributed by atoms with E-state index in [1.165, 1.54) is 17.0 Å². The van der Waals surface area contributed by atoms with Crippen LogP contribution in [0.2, 0.25) is 0 Å². The van der Waals surface area contributed by atoms with Gasteiger partial charge >= 0.3 is 6.55 Å². The van der Waals surface area contributed by atoms with E-state index in [1.807, 2.05) is 0 Å². The monoisotopic (exact) mass is 440 g/mol. The lowest BCUT2D eigenvalue weighted by Crippen LogP contribution is -2.08. The molecule has 0 spiro atoms. The van der Waals surface area contributed by atoms with E-state index in [0.29, 0.717) is 32.2 Å². The van der Waals surface area contributed by atoms with Gasteiger partial charge in [-0.05, 0) is 31.2 Å². The Morgan fingerprint density at radius 2 is 1.91 bits per heavy atom. The zero-order valence-corrected chi connectivity index (χ0v) is 16.5. The average Bonchev–Trinajstić information content (AvgIpc) is 3.45. The molecule has 0 saturated carbocycles. The van der Waals surface area contributed by atoms with Gasteiger partial charge in [0.1, 0.15) is 29.7 Å². The van der Waals surface area contributed by atoms with Crippen LogP contribution in [0.25, 0.3) is 27.5 Å². The molecular weight excluding hydrogens is 425 g/mol. The highest BCUT2D eigenvalue weighted by atomic mass is 19.3. The number of hydrogen-bond acceptors (Lipinski definition) is 7. The van der Waals surface area contributed by atoms with E-state index in [4.69, 9.17) is 10.5 Å². The van der Waals surface area contributed by atoms with Crippen molar-refractivity contribution in [2.75, 3.05) is 5.73 Å². The summed E-state index contributed by atoms with van der Waals surface area (Å²) in [4.78, 5) is 12.2. The Bertz CT molecular complexity index is 1450. The molecule has 4 aromatic heterocycles. The van der Waals surface area contributed by atoms with Gasteiger partial charge in [0.2, 0.25) is 0 Å². The van der Waals surface area contributed by atoms with Gasteiger partial charge in [0.25, 0.3) is 0 Å². The van der Waals surface area contributed by atoms with Crippen molar-refractivity contribution in [3.63, 3.8) is 0 Å². The summed E-state index contributed by atoms with van der Waals surface area (Å²) in [6, 6.07) is 6.40.